The van der Waals surface area contributed by atoms with E-state index in [0.717, 1.165) is 0 Å². The van der Waals surface area contributed by atoms with E-state index in [2.05, 4.69) is 5.32 Å². The number of nitrogens with one attached hydrogen (secondary N) is 1. The first kappa shape index (κ1) is 19.0. The Morgan fingerprint density at radius 3 is 2.39 bits per heavy atom. The number of ketones is 1. The minimum Gasteiger partial charge on any atom is -0.480 e. The van der Waals surface area contributed by atoms with Gasteiger partial charge in [0.1, 0.15) is 11.6 Å². The molecule has 0 aliphatic rings. The topological polar surface area (TPSA) is 92.7 Å². The molecule has 2 N–H and O–H groups in total. The Balaban J connectivity index is 2.64. The molecule has 0 spiro atoms. The summed E-state index contributed by atoms with van der Waals surface area (Å²) < 4.78 is 5.01. The summed E-state index contributed by atoms with van der Waals surface area (Å²) in [6.07, 6.45) is -0.954. The maximum absolute atomic E-state index is 12.1. The summed E-state index contributed by atoms with van der Waals surface area (Å²) in [6, 6.07) is 5.32. The smallest absolute Gasteiger partial charge is 0.408 e. The number of alkyl carbamates (subject to hydrolysis) is 1. The summed E-state index contributed by atoms with van der Waals surface area (Å²) in [5.74, 6) is -1.52. The number of hydrogen-bond donors (Lipinski definition) is 2. The molecule has 0 bridgehead atoms. The van der Waals surface area contributed by atoms with Crippen LogP contribution in [0, 0.1) is 0 Å². The van der Waals surface area contributed by atoms with Gasteiger partial charge in [0, 0.05) is 12.0 Å². The fraction of sp³-hybridized carbons (Fsp3) is 0.438. The number of ether oxygens (including phenoxy) is 1. The quantitative estimate of drug-likeness (QED) is 0.774. The van der Waals surface area contributed by atoms with E-state index in [1.54, 1.807) is 45.0 Å². The molecule has 1 atom stereocenters. The van der Waals surface area contributed by atoms with Crippen molar-refractivity contribution in [3.63, 3.8) is 0 Å². The van der Waals surface area contributed by atoms with Crippen molar-refractivity contribution >= 4 is 29.4 Å². The van der Waals surface area contributed by atoms with Crippen LogP contribution in [-0.4, -0.2) is 34.6 Å². The molecule has 7 heteroatoms. The fourth-order valence-electron chi connectivity index (χ4n) is 1.80. The minimum absolute atomic E-state index is 0.0569. The number of rotatable bonds is 6. The molecule has 0 aliphatic carbocycles. The molecule has 0 fully saturated rings. The van der Waals surface area contributed by atoms with Gasteiger partial charge < -0.3 is 15.2 Å². The predicted octanol–water partition coefficient (Wildman–Crippen LogP) is 3.28. The second-order valence-corrected chi connectivity index (χ2v) is 6.39. The van der Waals surface area contributed by atoms with Crippen molar-refractivity contribution in [1.29, 1.82) is 0 Å². The lowest BCUT2D eigenvalue weighted by Crippen LogP contribution is -2.43. The highest BCUT2D eigenvalue weighted by Gasteiger charge is 2.25. The first-order valence-electron chi connectivity index (χ1n) is 7.10. The predicted molar refractivity (Wildman–Crippen MR) is 85.8 cm³/mol. The summed E-state index contributed by atoms with van der Waals surface area (Å²) in [6.45, 7) is 5.01. The Labute approximate surface area is 139 Å². The van der Waals surface area contributed by atoms with Crippen molar-refractivity contribution in [2.45, 2.75) is 45.3 Å². The van der Waals surface area contributed by atoms with Crippen LogP contribution >= 0.6 is 11.6 Å². The van der Waals surface area contributed by atoms with Crippen LogP contribution in [0.3, 0.4) is 0 Å². The lowest BCUT2D eigenvalue weighted by Gasteiger charge is -2.21. The van der Waals surface area contributed by atoms with Gasteiger partial charge in [-0.2, -0.15) is 0 Å². The lowest BCUT2D eigenvalue weighted by molar-refractivity contribution is -0.139. The fourth-order valence-corrected chi connectivity index (χ4v) is 2.05. The number of amides is 1. The Bertz CT molecular complexity index is 594. The molecule has 126 valence electrons. The molecule has 1 unspecified atom stereocenters. The van der Waals surface area contributed by atoms with Gasteiger partial charge in [-0.3, -0.25) is 4.79 Å². The average molecular weight is 342 g/mol. The molecule has 0 aromatic heterocycles. The Morgan fingerprint density at radius 1 is 1.26 bits per heavy atom. The molecule has 0 heterocycles. The molecule has 1 aromatic carbocycles. The second-order valence-electron chi connectivity index (χ2n) is 5.98. The van der Waals surface area contributed by atoms with Crippen molar-refractivity contribution in [1.82, 2.24) is 5.32 Å². The Hall–Kier alpha value is -2.08. The van der Waals surface area contributed by atoms with E-state index >= 15 is 0 Å². The van der Waals surface area contributed by atoms with Gasteiger partial charge in [-0.25, -0.2) is 9.59 Å². The van der Waals surface area contributed by atoms with Crippen LogP contribution in [0.4, 0.5) is 4.79 Å². The SMILES string of the molecule is CC(C)(C)OC(=O)NC(CCC(=O)c1ccccc1Cl)C(=O)O. The number of aliphatic carboxylic acids is 1. The van der Waals surface area contributed by atoms with Crippen molar-refractivity contribution in [3.8, 4) is 0 Å². The highest BCUT2D eigenvalue weighted by Crippen LogP contribution is 2.18. The number of hydrogen-bond acceptors (Lipinski definition) is 4. The van der Waals surface area contributed by atoms with Crippen LogP contribution in [0.15, 0.2) is 24.3 Å². The van der Waals surface area contributed by atoms with Crippen LogP contribution in [0.5, 0.6) is 0 Å². The second kappa shape index (κ2) is 7.97. The first-order chi connectivity index (χ1) is 10.6. The van der Waals surface area contributed by atoms with Crippen LogP contribution in [0.2, 0.25) is 5.02 Å². The Morgan fingerprint density at radius 2 is 1.87 bits per heavy atom. The molecular weight excluding hydrogens is 322 g/mol. The average Bonchev–Trinajstić information content (AvgIpc) is 2.41. The number of halogens is 1. The van der Waals surface area contributed by atoms with Crippen molar-refractivity contribution < 1.29 is 24.2 Å². The number of Topliss-reactive ketones (excluding diaryl/α,β-unsaturated/α-hetero) is 1. The normalized spacial score (nSPS) is 12.3. The lowest BCUT2D eigenvalue weighted by atomic mass is 10.0. The van der Waals surface area contributed by atoms with Crippen molar-refractivity contribution in [2.24, 2.45) is 0 Å². The highest BCUT2D eigenvalue weighted by molar-refractivity contribution is 6.33. The maximum Gasteiger partial charge on any atom is 0.408 e. The van der Waals surface area contributed by atoms with Crippen LogP contribution in [0.25, 0.3) is 0 Å². The summed E-state index contributed by atoms with van der Waals surface area (Å²) in [7, 11) is 0. The number of carbonyl (C=O) groups excluding carboxylic acids is 2. The standard InChI is InChI=1S/C16H20ClNO5/c1-16(2,3)23-15(22)18-12(14(20)21)8-9-13(19)10-6-4-5-7-11(10)17/h4-7,12H,8-9H2,1-3H3,(H,18,22)(H,20,21). The zero-order valence-electron chi connectivity index (χ0n) is 13.3. The molecule has 23 heavy (non-hydrogen) atoms. The molecule has 1 amide bonds. The summed E-state index contributed by atoms with van der Waals surface area (Å²) >= 11 is 5.93. The van der Waals surface area contributed by atoms with E-state index in [0.29, 0.717) is 10.6 Å². The van der Waals surface area contributed by atoms with E-state index in [1.165, 1.54) is 0 Å². The van der Waals surface area contributed by atoms with Gasteiger partial charge in [0.2, 0.25) is 0 Å². The molecule has 1 rings (SSSR count). The van der Waals surface area contributed by atoms with Gasteiger partial charge in [-0.05, 0) is 39.3 Å². The van der Waals surface area contributed by atoms with E-state index in [4.69, 9.17) is 21.4 Å². The highest BCUT2D eigenvalue weighted by atomic mass is 35.5. The summed E-state index contributed by atoms with van der Waals surface area (Å²) in [5, 5.41) is 11.7. The number of carboxylic acids is 1. The van der Waals surface area contributed by atoms with Crippen LogP contribution < -0.4 is 5.32 Å². The molecular formula is C16H20ClNO5. The van der Waals surface area contributed by atoms with Gasteiger partial charge in [0.15, 0.2) is 5.78 Å². The largest absolute Gasteiger partial charge is 0.480 e. The van der Waals surface area contributed by atoms with Crippen LogP contribution in [0.1, 0.15) is 44.0 Å². The van der Waals surface area contributed by atoms with Crippen molar-refractivity contribution in [3.05, 3.63) is 34.9 Å². The zero-order chi connectivity index (χ0) is 17.6. The molecule has 0 saturated carbocycles. The third kappa shape index (κ3) is 6.69. The number of benzene rings is 1. The van der Waals surface area contributed by atoms with Gasteiger partial charge in [-0.1, -0.05) is 23.7 Å². The summed E-state index contributed by atoms with van der Waals surface area (Å²) in [4.78, 5) is 34.9. The molecule has 1 aromatic rings. The summed E-state index contributed by atoms with van der Waals surface area (Å²) in [5.41, 5.74) is -0.406. The molecule has 6 nitrogen and oxygen atoms in total. The number of carbonyl (C=O) groups is 3. The van der Waals surface area contributed by atoms with E-state index in [9.17, 15) is 14.4 Å². The Kier molecular flexibility index (Phi) is 6.57. The van der Waals surface area contributed by atoms with E-state index in [-0.39, 0.29) is 18.6 Å². The van der Waals surface area contributed by atoms with Crippen LogP contribution in [-0.2, 0) is 9.53 Å². The van der Waals surface area contributed by atoms with Gasteiger partial charge in [0.05, 0.1) is 5.02 Å². The molecule has 0 aliphatic heterocycles. The first-order valence-corrected chi connectivity index (χ1v) is 7.48. The number of carboxylic acid groups (broad SMARTS) is 1. The monoisotopic (exact) mass is 341 g/mol. The molecule has 0 radical (unpaired) electrons. The van der Waals surface area contributed by atoms with E-state index in [1.807, 2.05) is 0 Å². The third-order valence-corrected chi connectivity index (χ3v) is 3.15. The van der Waals surface area contributed by atoms with Gasteiger partial charge >= 0.3 is 12.1 Å². The third-order valence-electron chi connectivity index (χ3n) is 2.82. The maximum atomic E-state index is 12.1. The van der Waals surface area contributed by atoms with E-state index < -0.39 is 23.7 Å². The zero-order valence-corrected chi connectivity index (χ0v) is 14.0. The van der Waals surface area contributed by atoms with Crippen molar-refractivity contribution in [2.75, 3.05) is 0 Å². The van der Waals surface area contributed by atoms with Gasteiger partial charge in [-0.15, -0.1) is 0 Å². The minimum atomic E-state index is -1.23. The van der Waals surface area contributed by atoms with Gasteiger partial charge in [0.25, 0.3) is 0 Å². The molecule has 0 saturated heterocycles.